The molecule has 0 aliphatic rings. The molecule has 1 N–H and O–H groups in total. The summed E-state index contributed by atoms with van der Waals surface area (Å²) in [6.45, 7) is -1.94. The van der Waals surface area contributed by atoms with Gasteiger partial charge in [-0.25, -0.2) is 4.98 Å². The first-order valence-electron chi connectivity index (χ1n) is 6.96. The Morgan fingerprint density at radius 1 is 1.26 bits per heavy atom. The van der Waals surface area contributed by atoms with Gasteiger partial charge in [0.1, 0.15) is 17.4 Å². The van der Waals surface area contributed by atoms with Crippen molar-refractivity contribution in [2.75, 3.05) is 12.9 Å². The van der Waals surface area contributed by atoms with E-state index in [0.29, 0.717) is 12.1 Å². The minimum absolute atomic E-state index is 0.0756. The molecule has 0 radical (unpaired) electrons. The molecule has 0 unspecified atom stereocenters. The Balaban J connectivity index is 2.65. The van der Waals surface area contributed by atoms with E-state index in [1.807, 2.05) is 0 Å². The molecule has 0 aliphatic carbocycles. The summed E-state index contributed by atoms with van der Waals surface area (Å²) in [5.74, 6) is -1.09. The third kappa shape index (κ3) is 4.94. The third-order valence-corrected chi connectivity index (χ3v) is 3.73. The molecule has 0 amide bonds. The van der Waals surface area contributed by atoms with Crippen LogP contribution in [-0.4, -0.2) is 29.0 Å². The van der Waals surface area contributed by atoms with Gasteiger partial charge in [-0.2, -0.15) is 31.6 Å². The summed E-state index contributed by atoms with van der Waals surface area (Å²) in [6, 6.07) is 3.65. The first-order valence-corrected chi connectivity index (χ1v) is 8.18. The zero-order valence-corrected chi connectivity index (χ0v) is 14.1. The van der Waals surface area contributed by atoms with Crippen molar-refractivity contribution in [3.8, 4) is 23.1 Å². The largest absolute Gasteiger partial charge is 0.483 e. The van der Waals surface area contributed by atoms with E-state index in [4.69, 9.17) is 5.26 Å². The Hall–Kier alpha value is -2.68. The number of thioether (sulfide) groups is 1. The number of aromatic nitrogens is 2. The number of nitrogens with zero attached hydrogens (tertiary/aromatic N) is 2. The zero-order valence-electron chi connectivity index (χ0n) is 13.3. The van der Waals surface area contributed by atoms with Crippen LogP contribution >= 0.6 is 11.8 Å². The fourth-order valence-corrected chi connectivity index (χ4v) is 2.42. The van der Waals surface area contributed by atoms with Gasteiger partial charge in [-0.05, 0) is 18.4 Å². The fraction of sp³-hybridized carbons (Fsp3) is 0.267. The summed E-state index contributed by atoms with van der Waals surface area (Å²) in [6.07, 6.45) is -8.27. The molecule has 0 aliphatic heterocycles. The number of ether oxygens (including phenoxy) is 1. The van der Waals surface area contributed by atoms with Gasteiger partial charge >= 0.3 is 12.4 Å². The number of rotatable bonds is 4. The van der Waals surface area contributed by atoms with Crippen molar-refractivity contribution in [1.82, 2.24) is 9.97 Å². The number of benzene rings is 1. The average molecular weight is 409 g/mol. The molecule has 5 nitrogen and oxygen atoms in total. The second-order valence-corrected chi connectivity index (χ2v) is 5.82. The van der Waals surface area contributed by atoms with Crippen LogP contribution < -0.4 is 10.3 Å². The summed E-state index contributed by atoms with van der Waals surface area (Å²) in [5.41, 5.74) is -3.18. The second-order valence-electron chi connectivity index (χ2n) is 5.02. The van der Waals surface area contributed by atoms with Crippen LogP contribution in [0.25, 0.3) is 11.3 Å². The van der Waals surface area contributed by atoms with Gasteiger partial charge in [-0.15, -0.1) is 0 Å². The van der Waals surface area contributed by atoms with Crippen molar-refractivity contribution in [3.63, 3.8) is 0 Å². The maximum atomic E-state index is 13.0. The number of halogens is 6. The SMILES string of the molecule is CSc1nc(-c2ccc(C(F)(F)F)c(OCC(F)(F)F)c2)c(C#N)c(=O)[nH]1. The third-order valence-electron chi connectivity index (χ3n) is 3.15. The van der Waals surface area contributed by atoms with Gasteiger partial charge in [0.15, 0.2) is 11.8 Å². The van der Waals surface area contributed by atoms with Gasteiger partial charge in [0, 0.05) is 5.56 Å². The van der Waals surface area contributed by atoms with Crippen molar-refractivity contribution < 1.29 is 31.1 Å². The fourth-order valence-electron chi connectivity index (χ4n) is 2.04. The first kappa shape index (κ1) is 20.6. The van der Waals surface area contributed by atoms with E-state index in [1.54, 1.807) is 12.3 Å². The number of nitriles is 1. The smallest absolute Gasteiger partial charge is 0.422 e. The summed E-state index contributed by atoms with van der Waals surface area (Å²) < 4.78 is 80.5. The molecule has 2 rings (SSSR count). The lowest BCUT2D eigenvalue weighted by molar-refractivity contribution is -0.158. The van der Waals surface area contributed by atoms with Crippen molar-refractivity contribution in [1.29, 1.82) is 5.26 Å². The maximum Gasteiger partial charge on any atom is 0.422 e. The van der Waals surface area contributed by atoms with Crippen LogP contribution in [-0.2, 0) is 6.18 Å². The Labute approximate surface area is 152 Å². The Bertz CT molecular complexity index is 947. The quantitative estimate of drug-likeness (QED) is 0.469. The molecule has 0 saturated heterocycles. The number of hydrogen-bond acceptors (Lipinski definition) is 5. The van der Waals surface area contributed by atoms with Gasteiger partial charge in [0.25, 0.3) is 5.56 Å². The molecule has 0 saturated carbocycles. The van der Waals surface area contributed by atoms with Crippen molar-refractivity contribution >= 4 is 11.8 Å². The molecule has 1 aromatic heterocycles. The van der Waals surface area contributed by atoms with Crippen molar-refractivity contribution in [3.05, 3.63) is 39.7 Å². The highest BCUT2D eigenvalue weighted by atomic mass is 32.2. The normalized spacial score (nSPS) is 11.9. The molecule has 0 bridgehead atoms. The molecular formula is C15H9F6N3O2S. The molecule has 0 fully saturated rings. The van der Waals surface area contributed by atoms with E-state index in [9.17, 15) is 31.1 Å². The number of H-pyrrole nitrogens is 1. The van der Waals surface area contributed by atoms with E-state index in [0.717, 1.165) is 17.8 Å². The minimum atomic E-state index is -4.97. The molecule has 2 aromatic rings. The Kier molecular flexibility index (Phi) is 5.74. The van der Waals surface area contributed by atoms with Crippen molar-refractivity contribution in [2.45, 2.75) is 17.5 Å². The second kappa shape index (κ2) is 7.51. The van der Waals surface area contributed by atoms with E-state index in [1.165, 1.54) is 0 Å². The summed E-state index contributed by atoms with van der Waals surface area (Å²) in [5, 5.41) is 9.19. The molecule has 1 heterocycles. The highest BCUT2D eigenvalue weighted by Crippen LogP contribution is 2.39. The monoisotopic (exact) mass is 409 g/mol. The molecule has 0 spiro atoms. The van der Waals surface area contributed by atoms with E-state index < -0.39 is 41.4 Å². The van der Waals surface area contributed by atoms with E-state index >= 15 is 0 Å². The molecule has 144 valence electrons. The minimum Gasteiger partial charge on any atom is -0.483 e. The summed E-state index contributed by atoms with van der Waals surface area (Å²) >= 11 is 1.00. The lowest BCUT2D eigenvalue weighted by Crippen LogP contribution is -2.21. The van der Waals surface area contributed by atoms with Crippen LogP contribution in [0.2, 0.25) is 0 Å². The predicted octanol–water partition coefficient (Wildman–Crippen LogP) is 3.99. The van der Waals surface area contributed by atoms with Crippen LogP contribution in [0.4, 0.5) is 26.3 Å². The van der Waals surface area contributed by atoms with Crippen LogP contribution in [0.15, 0.2) is 28.2 Å². The van der Waals surface area contributed by atoms with Crippen LogP contribution in [0.1, 0.15) is 11.1 Å². The van der Waals surface area contributed by atoms with Gasteiger partial charge < -0.3 is 9.72 Å². The zero-order chi connectivity index (χ0) is 20.4. The molecule has 0 atom stereocenters. The van der Waals surface area contributed by atoms with Gasteiger partial charge in [0.05, 0.1) is 11.3 Å². The standard InChI is InChI=1S/C15H9F6N3O2S/c1-27-13-23-11(8(5-22)12(25)24-13)7-2-3-9(15(19,20)21)10(4-7)26-6-14(16,17)18/h2-4H,6H2,1H3,(H,23,24,25). The molecular weight excluding hydrogens is 400 g/mol. The lowest BCUT2D eigenvalue weighted by atomic mass is 10.0. The van der Waals surface area contributed by atoms with Gasteiger partial charge in [-0.1, -0.05) is 17.8 Å². The van der Waals surface area contributed by atoms with Gasteiger partial charge in [0.2, 0.25) is 0 Å². The molecule has 27 heavy (non-hydrogen) atoms. The Morgan fingerprint density at radius 3 is 2.44 bits per heavy atom. The maximum absolute atomic E-state index is 13.0. The van der Waals surface area contributed by atoms with Crippen molar-refractivity contribution in [2.24, 2.45) is 0 Å². The van der Waals surface area contributed by atoms with E-state index in [2.05, 4.69) is 14.7 Å². The molecule has 12 heteroatoms. The Morgan fingerprint density at radius 2 is 1.93 bits per heavy atom. The lowest BCUT2D eigenvalue weighted by Gasteiger charge is -2.16. The highest BCUT2D eigenvalue weighted by molar-refractivity contribution is 7.98. The van der Waals surface area contributed by atoms with Crippen LogP contribution in [0.3, 0.4) is 0 Å². The number of alkyl halides is 6. The van der Waals surface area contributed by atoms with Crippen LogP contribution in [0.5, 0.6) is 5.75 Å². The number of nitrogens with one attached hydrogen (secondary N) is 1. The summed E-state index contributed by atoms with van der Waals surface area (Å²) in [4.78, 5) is 18.2. The average Bonchev–Trinajstić information content (AvgIpc) is 2.57. The number of hydrogen-bond donors (Lipinski definition) is 1. The summed E-state index contributed by atoms with van der Waals surface area (Å²) in [7, 11) is 0. The number of aromatic amines is 1. The van der Waals surface area contributed by atoms with Crippen LogP contribution in [0, 0.1) is 11.3 Å². The molecule has 1 aromatic carbocycles. The first-order chi connectivity index (χ1) is 12.5. The highest BCUT2D eigenvalue weighted by Gasteiger charge is 2.36. The topological polar surface area (TPSA) is 78.8 Å². The predicted molar refractivity (Wildman–Crippen MR) is 83.3 cm³/mol. The van der Waals surface area contributed by atoms with Gasteiger partial charge in [-0.3, -0.25) is 4.79 Å². The van der Waals surface area contributed by atoms with E-state index in [-0.39, 0.29) is 16.4 Å².